The average molecular weight is 288 g/mol. The van der Waals surface area contributed by atoms with E-state index in [1.54, 1.807) is 6.26 Å². The van der Waals surface area contributed by atoms with E-state index in [1.165, 1.54) is 35.3 Å². The third kappa shape index (κ3) is 1.99. The Morgan fingerprint density at radius 1 is 1.56 bits per heavy atom. The number of carbonyl (C=O) groups is 3. The third-order valence-electron chi connectivity index (χ3n) is 2.74. The summed E-state index contributed by atoms with van der Waals surface area (Å²) in [6.07, 6.45) is 1.79. The first-order valence-electron chi connectivity index (χ1n) is 5.19. The van der Waals surface area contributed by atoms with Gasteiger partial charge in [0, 0.05) is 17.6 Å². The molecule has 0 aromatic rings. The summed E-state index contributed by atoms with van der Waals surface area (Å²) in [5.41, 5.74) is 0.0536. The van der Waals surface area contributed by atoms with Gasteiger partial charge in [-0.25, -0.2) is 4.79 Å². The molecule has 0 spiro atoms. The van der Waals surface area contributed by atoms with Crippen molar-refractivity contribution in [2.75, 3.05) is 12.0 Å². The lowest BCUT2D eigenvalue weighted by atomic mass is 10.1. The molecular formula is C10H12N2O4S2. The van der Waals surface area contributed by atoms with Crippen LogP contribution >= 0.6 is 23.5 Å². The topological polar surface area (TPSA) is 86.7 Å². The molecule has 2 N–H and O–H groups in total. The third-order valence-corrected chi connectivity index (χ3v) is 5.03. The van der Waals surface area contributed by atoms with E-state index in [1.807, 2.05) is 0 Å². The summed E-state index contributed by atoms with van der Waals surface area (Å²) >= 11 is 2.80. The Morgan fingerprint density at radius 2 is 2.22 bits per heavy atom. The zero-order valence-corrected chi connectivity index (χ0v) is 11.4. The fraction of sp³-hybridized carbons (Fsp3) is 0.500. The maximum absolute atomic E-state index is 11.9. The first-order valence-corrected chi connectivity index (χ1v) is 7.47. The number of carboxylic acid groups (broad SMARTS) is 1. The van der Waals surface area contributed by atoms with Gasteiger partial charge < -0.3 is 10.4 Å². The molecule has 2 rings (SSSR count). The molecule has 0 aliphatic carbocycles. The second-order valence-corrected chi connectivity index (χ2v) is 5.88. The zero-order chi connectivity index (χ0) is 13.4. The lowest BCUT2D eigenvalue weighted by Gasteiger charge is -2.49. The van der Waals surface area contributed by atoms with Gasteiger partial charge in [0.25, 0.3) is 5.91 Å². The number of amides is 2. The second-order valence-electron chi connectivity index (χ2n) is 3.87. The van der Waals surface area contributed by atoms with Crippen molar-refractivity contribution in [1.29, 1.82) is 0 Å². The molecule has 0 aromatic heterocycles. The lowest BCUT2D eigenvalue weighted by molar-refractivity contribution is -0.150. The number of β-lactam (4-membered cyclic amide) rings is 1. The smallest absolute Gasteiger partial charge is 0.353 e. The average Bonchev–Trinajstić information content (AvgIpc) is 2.33. The van der Waals surface area contributed by atoms with Crippen LogP contribution in [0.25, 0.3) is 0 Å². The summed E-state index contributed by atoms with van der Waals surface area (Å²) in [7, 11) is 0. The number of fused-ring (bicyclic) bond motifs is 1. The number of thioether (sulfide) groups is 2. The molecule has 2 aliphatic rings. The molecule has 2 aliphatic heterocycles. The van der Waals surface area contributed by atoms with E-state index in [4.69, 9.17) is 0 Å². The highest BCUT2D eigenvalue weighted by Crippen LogP contribution is 2.42. The molecule has 2 unspecified atom stereocenters. The SMILES string of the molecule is CSC1=C(C(=O)O)N2C(=O)C(NC(C)=O)C2SC1. The Bertz CT molecular complexity index is 463. The number of carbonyl (C=O) groups excluding carboxylic acids is 2. The first kappa shape index (κ1) is 13.3. The Morgan fingerprint density at radius 3 is 2.72 bits per heavy atom. The first-order chi connectivity index (χ1) is 8.47. The van der Waals surface area contributed by atoms with E-state index in [-0.39, 0.29) is 22.9 Å². The number of aliphatic carboxylic acids is 1. The molecular weight excluding hydrogens is 276 g/mol. The molecule has 1 saturated heterocycles. The van der Waals surface area contributed by atoms with Crippen LogP contribution in [0.1, 0.15) is 6.92 Å². The normalized spacial score (nSPS) is 26.6. The van der Waals surface area contributed by atoms with Crippen LogP contribution in [-0.4, -0.2) is 51.2 Å². The van der Waals surface area contributed by atoms with Crippen LogP contribution in [0.15, 0.2) is 10.6 Å². The van der Waals surface area contributed by atoms with Crippen molar-refractivity contribution < 1.29 is 19.5 Å². The fourth-order valence-electron chi connectivity index (χ4n) is 1.97. The quantitative estimate of drug-likeness (QED) is 0.715. The number of nitrogens with one attached hydrogen (secondary N) is 1. The van der Waals surface area contributed by atoms with Gasteiger partial charge in [0.05, 0.1) is 0 Å². The van der Waals surface area contributed by atoms with Crippen LogP contribution in [0.4, 0.5) is 0 Å². The van der Waals surface area contributed by atoms with Crippen molar-refractivity contribution in [3.05, 3.63) is 10.6 Å². The van der Waals surface area contributed by atoms with E-state index < -0.39 is 12.0 Å². The monoisotopic (exact) mass is 288 g/mol. The Hall–Kier alpha value is -1.15. The van der Waals surface area contributed by atoms with Crippen LogP contribution in [-0.2, 0) is 14.4 Å². The standard InChI is InChI=1S/C10H12N2O4S2/c1-4(13)11-6-8(14)12-7(10(15)16)5(17-2)3-18-9(6)12/h6,9H,3H2,1-2H3,(H,11,13)(H,15,16). The lowest BCUT2D eigenvalue weighted by Crippen LogP contribution is -2.70. The van der Waals surface area contributed by atoms with Gasteiger partial charge in [-0.15, -0.1) is 23.5 Å². The van der Waals surface area contributed by atoms with Gasteiger partial charge in [0.15, 0.2) is 0 Å². The Balaban J connectivity index is 2.26. The van der Waals surface area contributed by atoms with E-state index in [9.17, 15) is 19.5 Å². The highest BCUT2D eigenvalue weighted by Gasteiger charge is 2.53. The molecule has 0 aromatic carbocycles. The highest BCUT2D eigenvalue weighted by atomic mass is 32.2. The van der Waals surface area contributed by atoms with Gasteiger partial charge in [-0.3, -0.25) is 14.5 Å². The molecule has 2 heterocycles. The fourth-order valence-corrected chi connectivity index (χ4v) is 4.21. The minimum Gasteiger partial charge on any atom is -0.477 e. The number of hydrogen-bond donors (Lipinski definition) is 2. The molecule has 0 bridgehead atoms. The van der Waals surface area contributed by atoms with Crippen molar-refractivity contribution >= 4 is 41.3 Å². The van der Waals surface area contributed by atoms with E-state index in [0.29, 0.717) is 10.7 Å². The largest absolute Gasteiger partial charge is 0.477 e. The highest BCUT2D eigenvalue weighted by molar-refractivity contribution is 8.05. The number of carboxylic acids is 1. The van der Waals surface area contributed by atoms with Gasteiger partial charge >= 0.3 is 5.97 Å². The molecule has 0 saturated carbocycles. The number of hydrogen-bond acceptors (Lipinski definition) is 5. The molecule has 6 nitrogen and oxygen atoms in total. The van der Waals surface area contributed by atoms with Gasteiger partial charge in [-0.2, -0.15) is 0 Å². The van der Waals surface area contributed by atoms with Crippen LogP contribution in [0.2, 0.25) is 0 Å². The zero-order valence-electron chi connectivity index (χ0n) is 9.80. The van der Waals surface area contributed by atoms with Crippen LogP contribution in [0.5, 0.6) is 0 Å². The number of nitrogens with zero attached hydrogens (tertiary/aromatic N) is 1. The molecule has 18 heavy (non-hydrogen) atoms. The summed E-state index contributed by atoms with van der Waals surface area (Å²) in [5.74, 6) is -1.19. The van der Waals surface area contributed by atoms with Crippen LogP contribution < -0.4 is 5.32 Å². The Kier molecular flexibility index (Phi) is 3.58. The molecule has 1 fully saturated rings. The minimum absolute atomic E-state index is 0.0536. The summed E-state index contributed by atoms with van der Waals surface area (Å²) in [6, 6.07) is -0.606. The van der Waals surface area contributed by atoms with Gasteiger partial charge in [-0.1, -0.05) is 0 Å². The molecule has 8 heteroatoms. The summed E-state index contributed by atoms with van der Waals surface area (Å²) in [6.45, 7) is 1.34. The molecule has 98 valence electrons. The van der Waals surface area contributed by atoms with Gasteiger partial charge in [-0.05, 0) is 6.26 Å². The number of rotatable bonds is 3. The van der Waals surface area contributed by atoms with E-state index in [0.717, 1.165) is 0 Å². The van der Waals surface area contributed by atoms with Gasteiger partial charge in [0.2, 0.25) is 5.91 Å². The van der Waals surface area contributed by atoms with E-state index >= 15 is 0 Å². The van der Waals surface area contributed by atoms with Crippen LogP contribution in [0.3, 0.4) is 0 Å². The summed E-state index contributed by atoms with van der Waals surface area (Å²) < 4.78 is 0. The van der Waals surface area contributed by atoms with Crippen molar-refractivity contribution in [2.24, 2.45) is 0 Å². The minimum atomic E-state index is -1.10. The van der Waals surface area contributed by atoms with Gasteiger partial charge in [0.1, 0.15) is 17.1 Å². The van der Waals surface area contributed by atoms with Crippen LogP contribution in [0, 0.1) is 0 Å². The summed E-state index contributed by atoms with van der Waals surface area (Å²) in [5, 5.41) is 11.4. The maximum Gasteiger partial charge on any atom is 0.353 e. The molecule has 0 radical (unpaired) electrons. The van der Waals surface area contributed by atoms with Crippen molar-refractivity contribution in [2.45, 2.75) is 18.3 Å². The van der Waals surface area contributed by atoms with Crippen molar-refractivity contribution in [3.8, 4) is 0 Å². The van der Waals surface area contributed by atoms with Crippen molar-refractivity contribution in [1.82, 2.24) is 10.2 Å². The Labute approximate surface area is 112 Å². The maximum atomic E-state index is 11.9. The molecule has 2 amide bonds. The predicted octanol–water partition coefficient (Wildman–Crippen LogP) is 0.0654. The predicted molar refractivity (Wildman–Crippen MR) is 68.9 cm³/mol. The van der Waals surface area contributed by atoms with Crippen molar-refractivity contribution in [3.63, 3.8) is 0 Å². The second kappa shape index (κ2) is 4.85. The summed E-state index contributed by atoms with van der Waals surface area (Å²) in [4.78, 5) is 36.1. The van der Waals surface area contributed by atoms with E-state index in [2.05, 4.69) is 5.32 Å². The molecule has 2 atom stereocenters.